The molecule has 0 spiro atoms. The quantitative estimate of drug-likeness (QED) is 0.135. The SMILES string of the molecule is NNC(=O)Nc1ccc(N2CCN(c3ccc(OCC4COC(Cn5ccnc5)(c5ccc(Cl)cc5Cl)O4)cc3)CC2)cc1. The van der Waals surface area contributed by atoms with Crippen LogP contribution in [0.1, 0.15) is 5.56 Å². The molecule has 1 aromatic heterocycles. The molecule has 44 heavy (non-hydrogen) atoms. The van der Waals surface area contributed by atoms with Crippen molar-refractivity contribution in [2.24, 2.45) is 5.84 Å². The number of hydrazine groups is 1. The third-order valence-corrected chi connectivity index (χ3v) is 8.24. The molecule has 0 aliphatic carbocycles. The molecule has 2 unspecified atom stereocenters. The highest BCUT2D eigenvalue weighted by molar-refractivity contribution is 6.35. The lowest BCUT2D eigenvalue weighted by Crippen LogP contribution is -2.46. The predicted octanol–water partition coefficient (Wildman–Crippen LogP) is 4.86. The van der Waals surface area contributed by atoms with Crippen LogP contribution in [0.5, 0.6) is 5.75 Å². The number of nitrogens with zero attached hydrogens (tertiary/aromatic N) is 4. The highest BCUT2D eigenvalue weighted by Gasteiger charge is 2.45. The molecule has 0 saturated carbocycles. The number of anilines is 3. The van der Waals surface area contributed by atoms with Crippen molar-refractivity contribution in [3.05, 3.63) is 101 Å². The van der Waals surface area contributed by atoms with Gasteiger partial charge in [-0.25, -0.2) is 15.6 Å². The van der Waals surface area contributed by atoms with E-state index in [-0.39, 0.29) is 6.10 Å². The Balaban J connectivity index is 1.02. The van der Waals surface area contributed by atoms with Crippen LogP contribution < -0.4 is 31.1 Å². The van der Waals surface area contributed by atoms with Crippen LogP contribution in [-0.2, 0) is 21.8 Å². The van der Waals surface area contributed by atoms with Crippen LogP contribution in [0.2, 0.25) is 10.0 Å². The number of nitrogens with one attached hydrogen (secondary N) is 2. The minimum atomic E-state index is -1.09. The van der Waals surface area contributed by atoms with Gasteiger partial charge in [-0.3, -0.25) is 5.43 Å². The van der Waals surface area contributed by atoms with Crippen LogP contribution in [0.15, 0.2) is 85.5 Å². The third-order valence-electron chi connectivity index (χ3n) is 7.69. The summed E-state index contributed by atoms with van der Waals surface area (Å²) in [6.07, 6.45) is 4.97. The van der Waals surface area contributed by atoms with E-state index in [4.69, 9.17) is 43.3 Å². The molecular formula is C31H33Cl2N7O4. The van der Waals surface area contributed by atoms with E-state index in [9.17, 15) is 4.79 Å². The summed E-state index contributed by atoms with van der Waals surface area (Å²) in [4.78, 5) is 20.2. The van der Waals surface area contributed by atoms with Gasteiger partial charge >= 0.3 is 6.03 Å². The van der Waals surface area contributed by atoms with Crippen molar-refractivity contribution in [1.82, 2.24) is 15.0 Å². The Morgan fingerprint density at radius 3 is 2.30 bits per heavy atom. The fourth-order valence-electron chi connectivity index (χ4n) is 5.46. The second-order valence-electron chi connectivity index (χ2n) is 10.6. The van der Waals surface area contributed by atoms with E-state index in [2.05, 4.69) is 37.7 Å². The zero-order chi connectivity index (χ0) is 30.5. The Bertz CT molecular complexity index is 1550. The molecule has 2 amide bonds. The number of hydrogen-bond donors (Lipinski definition) is 3. The Hall–Kier alpha value is -4.00. The van der Waals surface area contributed by atoms with E-state index < -0.39 is 11.8 Å². The lowest BCUT2D eigenvalue weighted by Gasteiger charge is -2.37. The summed E-state index contributed by atoms with van der Waals surface area (Å²) in [6, 6.07) is 20.7. The van der Waals surface area contributed by atoms with E-state index in [1.807, 2.05) is 53.2 Å². The number of nitrogens with two attached hydrogens (primary N) is 1. The molecule has 11 nitrogen and oxygen atoms in total. The number of urea groups is 1. The average Bonchev–Trinajstić information content (AvgIpc) is 3.71. The first-order valence-electron chi connectivity index (χ1n) is 14.2. The summed E-state index contributed by atoms with van der Waals surface area (Å²) in [5, 5.41) is 3.68. The molecule has 0 radical (unpaired) electrons. The first-order chi connectivity index (χ1) is 21.4. The van der Waals surface area contributed by atoms with Crippen molar-refractivity contribution in [1.29, 1.82) is 0 Å². The molecule has 2 aliphatic rings. The number of hydrogen-bond acceptors (Lipinski definition) is 8. The lowest BCUT2D eigenvalue weighted by molar-refractivity contribution is -0.189. The van der Waals surface area contributed by atoms with Gasteiger partial charge in [-0.15, -0.1) is 0 Å². The van der Waals surface area contributed by atoms with Crippen LogP contribution in [0.4, 0.5) is 21.9 Å². The number of amides is 2. The largest absolute Gasteiger partial charge is 0.491 e. The van der Waals surface area contributed by atoms with Crippen molar-refractivity contribution in [3.63, 3.8) is 0 Å². The van der Waals surface area contributed by atoms with Crippen molar-refractivity contribution in [3.8, 4) is 5.75 Å². The summed E-state index contributed by atoms with van der Waals surface area (Å²) in [6.45, 7) is 4.57. The molecule has 230 valence electrons. The van der Waals surface area contributed by atoms with Crippen molar-refractivity contribution in [2.45, 2.75) is 18.4 Å². The minimum Gasteiger partial charge on any atom is -0.491 e. The van der Waals surface area contributed by atoms with Gasteiger partial charge in [0.25, 0.3) is 0 Å². The minimum absolute atomic E-state index is 0.305. The summed E-state index contributed by atoms with van der Waals surface area (Å²) in [7, 11) is 0. The molecular weight excluding hydrogens is 605 g/mol. The smallest absolute Gasteiger partial charge is 0.333 e. The maximum Gasteiger partial charge on any atom is 0.333 e. The van der Waals surface area contributed by atoms with Crippen molar-refractivity contribution in [2.75, 3.05) is 54.5 Å². The number of aromatic nitrogens is 2. The molecule has 2 aliphatic heterocycles. The van der Waals surface area contributed by atoms with E-state index in [1.54, 1.807) is 24.7 Å². The molecule has 4 aromatic rings. The van der Waals surface area contributed by atoms with Gasteiger partial charge in [0.05, 0.1) is 24.5 Å². The molecule has 0 bridgehead atoms. The van der Waals surface area contributed by atoms with Gasteiger partial charge in [0.15, 0.2) is 0 Å². The molecule has 3 aromatic carbocycles. The van der Waals surface area contributed by atoms with Gasteiger partial charge in [-0.1, -0.05) is 29.3 Å². The van der Waals surface area contributed by atoms with Crippen LogP contribution in [0.3, 0.4) is 0 Å². The molecule has 6 rings (SSSR count). The fraction of sp³-hybridized carbons (Fsp3) is 0.290. The number of rotatable bonds is 9. The van der Waals surface area contributed by atoms with Gasteiger partial charge in [-0.2, -0.15) is 0 Å². The number of carbonyl (C=O) groups excluding carboxylic acids is 1. The number of piperazine rings is 1. The Morgan fingerprint density at radius 1 is 1.00 bits per heavy atom. The van der Waals surface area contributed by atoms with Gasteiger partial charge in [0.1, 0.15) is 18.5 Å². The normalized spacial score (nSPS) is 20.0. The second-order valence-corrected chi connectivity index (χ2v) is 11.4. The Morgan fingerprint density at radius 2 is 1.68 bits per heavy atom. The molecule has 4 N–H and O–H groups in total. The van der Waals surface area contributed by atoms with Crippen LogP contribution >= 0.6 is 23.2 Å². The first kappa shape index (κ1) is 30.0. The number of carbonyl (C=O) groups is 1. The van der Waals surface area contributed by atoms with E-state index in [0.29, 0.717) is 41.1 Å². The van der Waals surface area contributed by atoms with E-state index in [0.717, 1.165) is 43.3 Å². The van der Waals surface area contributed by atoms with E-state index >= 15 is 0 Å². The number of benzene rings is 3. The van der Waals surface area contributed by atoms with Crippen LogP contribution in [0, 0.1) is 0 Å². The number of halogens is 2. The maximum atomic E-state index is 11.4. The molecule has 3 heterocycles. The topological polar surface area (TPSA) is 119 Å². The van der Waals surface area contributed by atoms with Gasteiger partial charge in [0, 0.05) is 66.2 Å². The van der Waals surface area contributed by atoms with Gasteiger partial charge in [-0.05, 0) is 60.7 Å². The summed E-state index contributed by atoms with van der Waals surface area (Å²) in [5.74, 6) is 4.79. The van der Waals surface area contributed by atoms with E-state index in [1.165, 1.54) is 0 Å². The molecule has 2 saturated heterocycles. The predicted molar refractivity (Wildman–Crippen MR) is 170 cm³/mol. The molecule has 2 atom stereocenters. The van der Waals surface area contributed by atoms with Gasteiger partial charge < -0.3 is 33.9 Å². The van der Waals surface area contributed by atoms with Crippen molar-refractivity contribution < 1.29 is 19.0 Å². The molecule has 2 fully saturated rings. The average molecular weight is 639 g/mol. The maximum absolute atomic E-state index is 11.4. The van der Waals surface area contributed by atoms with Gasteiger partial charge in [0.2, 0.25) is 5.79 Å². The zero-order valence-corrected chi connectivity index (χ0v) is 25.4. The van der Waals surface area contributed by atoms with Crippen LogP contribution in [0.25, 0.3) is 0 Å². The monoisotopic (exact) mass is 637 g/mol. The second kappa shape index (κ2) is 13.3. The fourth-order valence-corrected chi connectivity index (χ4v) is 6.02. The standard InChI is InChI=1S/C31H33Cl2N7O4/c32-22-1-10-28(29(33)17-22)31(20-38-12-11-35-21-38)43-19-27(44-31)18-42-26-8-6-25(7-9-26)40-15-13-39(14-16-40)24-4-2-23(3-5-24)36-30(41)37-34/h1-12,17,21,27H,13-16,18-20,34H2,(H2,36,37,41). The van der Waals surface area contributed by atoms with Crippen LogP contribution in [-0.4, -0.2) is 61.1 Å². The highest BCUT2D eigenvalue weighted by atomic mass is 35.5. The highest BCUT2D eigenvalue weighted by Crippen LogP contribution is 2.40. The lowest BCUT2D eigenvalue weighted by atomic mass is 10.1. The number of ether oxygens (including phenoxy) is 3. The summed E-state index contributed by atoms with van der Waals surface area (Å²) < 4.78 is 20.8. The number of imidazole rings is 1. The zero-order valence-electron chi connectivity index (χ0n) is 23.9. The molecule has 13 heteroatoms. The third kappa shape index (κ3) is 6.87. The first-order valence-corrected chi connectivity index (χ1v) is 15.0. The van der Waals surface area contributed by atoms with Crippen molar-refractivity contribution >= 4 is 46.3 Å². The Labute approximate surface area is 265 Å². The Kier molecular flexibility index (Phi) is 9.10. The summed E-state index contributed by atoms with van der Waals surface area (Å²) >= 11 is 12.7. The summed E-state index contributed by atoms with van der Waals surface area (Å²) in [5.41, 5.74) is 5.70.